The Morgan fingerprint density at radius 2 is 1.24 bits per heavy atom. The zero-order chi connectivity index (χ0) is 15.1. The summed E-state index contributed by atoms with van der Waals surface area (Å²) in [6, 6.07) is 19.9. The van der Waals surface area contributed by atoms with Crippen molar-refractivity contribution in [3.05, 3.63) is 71.8 Å². The van der Waals surface area contributed by atoms with Crippen LogP contribution >= 0.6 is 0 Å². The molecule has 0 aromatic heterocycles. The van der Waals surface area contributed by atoms with Crippen molar-refractivity contribution in [2.45, 2.75) is 26.2 Å². The zero-order valence-electron chi connectivity index (χ0n) is 12.3. The first-order chi connectivity index (χ1) is 10.1. The highest BCUT2D eigenvalue weighted by molar-refractivity contribution is 5.99. The summed E-state index contributed by atoms with van der Waals surface area (Å²) < 4.78 is 0. The van der Waals surface area contributed by atoms with Gasteiger partial charge in [-0.05, 0) is 30.9 Å². The highest BCUT2D eigenvalue weighted by Gasteiger charge is 2.20. The van der Waals surface area contributed by atoms with Crippen LogP contribution in [0.4, 0.5) is 0 Å². The third-order valence-electron chi connectivity index (χ3n) is 3.53. The fourth-order valence-electron chi connectivity index (χ4n) is 2.49. The van der Waals surface area contributed by atoms with Crippen LogP contribution in [-0.4, -0.2) is 11.6 Å². The average molecular weight is 280 g/mol. The molecule has 2 heteroatoms. The molecule has 0 aliphatic heterocycles. The van der Waals surface area contributed by atoms with E-state index in [1.54, 1.807) is 0 Å². The van der Waals surface area contributed by atoms with Crippen LogP contribution in [0.1, 0.15) is 24.5 Å². The molecule has 0 spiro atoms. The topological polar surface area (TPSA) is 34.1 Å². The van der Waals surface area contributed by atoms with E-state index >= 15 is 0 Å². The molecule has 2 aromatic rings. The molecular weight excluding hydrogens is 260 g/mol. The number of Topliss-reactive ketones (excluding diaryl/α,β-unsaturated/α-hetero) is 2. The SMILES string of the molecule is CC(=O)CC(=O)C(Cc1ccccc1)Cc1ccccc1. The summed E-state index contributed by atoms with van der Waals surface area (Å²) in [6.07, 6.45) is 1.40. The van der Waals surface area contributed by atoms with Gasteiger partial charge in [0, 0.05) is 5.92 Å². The minimum Gasteiger partial charge on any atom is -0.300 e. The maximum atomic E-state index is 12.3. The first-order valence-corrected chi connectivity index (χ1v) is 7.25. The van der Waals surface area contributed by atoms with E-state index in [0.29, 0.717) is 12.8 Å². The molecule has 2 nitrogen and oxygen atoms in total. The summed E-state index contributed by atoms with van der Waals surface area (Å²) in [5.41, 5.74) is 2.27. The molecule has 0 amide bonds. The van der Waals surface area contributed by atoms with E-state index in [0.717, 1.165) is 11.1 Å². The standard InChI is InChI=1S/C19H20O2/c1-15(20)12-19(21)18(13-16-8-4-2-5-9-16)14-17-10-6-3-7-11-17/h2-11,18H,12-14H2,1H3. The Bertz CT molecular complexity index is 546. The van der Waals surface area contributed by atoms with Crippen molar-refractivity contribution in [3.63, 3.8) is 0 Å². The minimum absolute atomic E-state index is 0.0321. The molecule has 0 unspecified atom stereocenters. The Kier molecular flexibility index (Phi) is 5.44. The molecule has 21 heavy (non-hydrogen) atoms. The van der Waals surface area contributed by atoms with Crippen LogP contribution in [0.3, 0.4) is 0 Å². The van der Waals surface area contributed by atoms with Gasteiger partial charge < -0.3 is 0 Å². The summed E-state index contributed by atoms with van der Waals surface area (Å²) in [4.78, 5) is 23.6. The number of benzene rings is 2. The van der Waals surface area contributed by atoms with Gasteiger partial charge in [0.15, 0.2) is 0 Å². The van der Waals surface area contributed by atoms with Crippen molar-refractivity contribution < 1.29 is 9.59 Å². The predicted molar refractivity (Wildman–Crippen MR) is 84.1 cm³/mol. The van der Waals surface area contributed by atoms with Crippen LogP contribution in [0.15, 0.2) is 60.7 Å². The lowest BCUT2D eigenvalue weighted by Gasteiger charge is -2.15. The average Bonchev–Trinajstić information content (AvgIpc) is 2.48. The van der Waals surface area contributed by atoms with Crippen LogP contribution in [0.5, 0.6) is 0 Å². The van der Waals surface area contributed by atoms with Crippen molar-refractivity contribution in [2.24, 2.45) is 5.92 Å². The number of hydrogen-bond acceptors (Lipinski definition) is 2. The van der Waals surface area contributed by atoms with E-state index < -0.39 is 0 Å². The Hall–Kier alpha value is -2.22. The summed E-state index contributed by atoms with van der Waals surface area (Å²) >= 11 is 0. The largest absolute Gasteiger partial charge is 0.300 e. The molecule has 0 atom stereocenters. The van der Waals surface area contributed by atoms with Crippen molar-refractivity contribution in [1.82, 2.24) is 0 Å². The lowest BCUT2D eigenvalue weighted by molar-refractivity contribution is -0.128. The molecule has 0 aliphatic rings. The molecule has 0 N–H and O–H groups in total. The van der Waals surface area contributed by atoms with Crippen LogP contribution in [-0.2, 0) is 22.4 Å². The first kappa shape index (κ1) is 15.2. The van der Waals surface area contributed by atoms with Gasteiger partial charge in [0.05, 0.1) is 6.42 Å². The van der Waals surface area contributed by atoms with Gasteiger partial charge in [0.25, 0.3) is 0 Å². The summed E-state index contributed by atoms with van der Waals surface area (Å²) in [7, 11) is 0. The van der Waals surface area contributed by atoms with E-state index in [9.17, 15) is 9.59 Å². The maximum absolute atomic E-state index is 12.3. The Balaban J connectivity index is 2.13. The van der Waals surface area contributed by atoms with Crippen LogP contribution < -0.4 is 0 Å². The minimum atomic E-state index is -0.140. The molecule has 0 saturated carbocycles. The van der Waals surface area contributed by atoms with Crippen molar-refractivity contribution in [1.29, 1.82) is 0 Å². The lowest BCUT2D eigenvalue weighted by Crippen LogP contribution is -2.21. The number of ketones is 2. The molecule has 0 bridgehead atoms. The molecular formula is C19H20O2. The highest BCUT2D eigenvalue weighted by atomic mass is 16.1. The van der Waals surface area contributed by atoms with E-state index in [-0.39, 0.29) is 23.9 Å². The summed E-state index contributed by atoms with van der Waals surface area (Å²) in [5.74, 6) is -0.167. The summed E-state index contributed by atoms with van der Waals surface area (Å²) in [5, 5.41) is 0. The Morgan fingerprint density at radius 1 is 0.810 bits per heavy atom. The van der Waals surface area contributed by atoms with Gasteiger partial charge in [-0.15, -0.1) is 0 Å². The van der Waals surface area contributed by atoms with Crippen LogP contribution in [0.25, 0.3) is 0 Å². The smallest absolute Gasteiger partial charge is 0.143 e. The molecule has 2 aromatic carbocycles. The van der Waals surface area contributed by atoms with Crippen LogP contribution in [0, 0.1) is 5.92 Å². The fraction of sp³-hybridized carbons (Fsp3) is 0.263. The molecule has 0 aliphatic carbocycles. The molecule has 2 rings (SSSR count). The molecule has 0 saturated heterocycles. The first-order valence-electron chi connectivity index (χ1n) is 7.25. The second-order valence-electron chi connectivity index (χ2n) is 5.42. The second kappa shape index (κ2) is 7.53. The molecule has 0 radical (unpaired) electrons. The highest BCUT2D eigenvalue weighted by Crippen LogP contribution is 2.17. The van der Waals surface area contributed by atoms with E-state index in [4.69, 9.17) is 0 Å². The fourth-order valence-corrected chi connectivity index (χ4v) is 2.49. The maximum Gasteiger partial charge on any atom is 0.143 e. The van der Waals surface area contributed by atoms with Crippen molar-refractivity contribution in [2.75, 3.05) is 0 Å². The van der Waals surface area contributed by atoms with Gasteiger partial charge in [0.2, 0.25) is 0 Å². The summed E-state index contributed by atoms with van der Waals surface area (Å²) in [6.45, 7) is 1.47. The number of hydrogen-bond donors (Lipinski definition) is 0. The predicted octanol–water partition coefficient (Wildman–Crippen LogP) is 3.64. The quantitative estimate of drug-likeness (QED) is 0.726. The second-order valence-corrected chi connectivity index (χ2v) is 5.42. The Morgan fingerprint density at radius 3 is 1.62 bits per heavy atom. The normalized spacial score (nSPS) is 10.6. The van der Waals surface area contributed by atoms with Crippen molar-refractivity contribution in [3.8, 4) is 0 Å². The number of carbonyl (C=O) groups is 2. The van der Waals surface area contributed by atoms with E-state index in [2.05, 4.69) is 0 Å². The van der Waals surface area contributed by atoms with Gasteiger partial charge in [-0.3, -0.25) is 9.59 Å². The van der Waals surface area contributed by atoms with Gasteiger partial charge in [-0.2, -0.15) is 0 Å². The van der Waals surface area contributed by atoms with Crippen molar-refractivity contribution >= 4 is 11.6 Å². The van der Waals surface area contributed by atoms with Gasteiger partial charge >= 0.3 is 0 Å². The van der Waals surface area contributed by atoms with E-state index in [1.807, 2.05) is 60.7 Å². The van der Waals surface area contributed by atoms with Gasteiger partial charge in [0.1, 0.15) is 11.6 Å². The molecule has 0 heterocycles. The third-order valence-corrected chi connectivity index (χ3v) is 3.53. The molecule has 0 fully saturated rings. The monoisotopic (exact) mass is 280 g/mol. The van der Waals surface area contributed by atoms with E-state index in [1.165, 1.54) is 6.92 Å². The third kappa shape index (κ3) is 4.99. The van der Waals surface area contributed by atoms with Gasteiger partial charge in [-0.25, -0.2) is 0 Å². The number of rotatable bonds is 7. The lowest BCUT2D eigenvalue weighted by atomic mass is 9.87. The number of carbonyl (C=O) groups excluding carboxylic acids is 2. The molecule has 108 valence electrons. The Labute approximate surface area is 125 Å². The van der Waals surface area contributed by atoms with Crippen LogP contribution in [0.2, 0.25) is 0 Å². The van der Waals surface area contributed by atoms with Gasteiger partial charge in [-0.1, -0.05) is 60.7 Å². The zero-order valence-corrected chi connectivity index (χ0v) is 12.3.